The first-order valence-corrected chi connectivity index (χ1v) is 19.3. The van der Waals surface area contributed by atoms with E-state index in [9.17, 15) is 0 Å². The molecule has 0 unspecified atom stereocenters. The zero-order chi connectivity index (χ0) is 37.9. The summed E-state index contributed by atoms with van der Waals surface area (Å²) in [6, 6.07) is 57.9. The largest absolute Gasteiger partial charge is 0.456 e. The second-order valence-corrected chi connectivity index (χ2v) is 14.7. The molecule has 0 spiro atoms. The number of rotatable bonds is 4. The van der Waals surface area contributed by atoms with Gasteiger partial charge in [0.2, 0.25) is 5.95 Å². The van der Waals surface area contributed by atoms with Gasteiger partial charge in [0.1, 0.15) is 33.5 Å². The predicted molar refractivity (Wildman–Crippen MR) is 232 cm³/mol. The van der Waals surface area contributed by atoms with Crippen LogP contribution in [0, 0.1) is 0 Å². The van der Waals surface area contributed by atoms with Gasteiger partial charge in [0.05, 0.1) is 11.0 Å². The molecule has 0 aliphatic heterocycles. The summed E-state index contributed by atoms with van der Waals surface area (Å²) in [6.07, 6.45) is 0. The minimum atomic E-state index is 0.499. The molecule has 13 rings (SSSR count). The van der Waals surface area contributed by atoms with Gasteiger partial charge >= 0.3 is 0 Å². The van der Waals surface area contributed by atoms with E-state index in [0.717, 1.165) is 110 Å². The number of aromatic nitrogens is 4. The van der Waals surface area contributed by atoms with Crippen LogP contribution in [0.3, 0.4) is 0 Å². The van der Waals surface area contributed by atoms with E-state index in [2.05, 4.69) is 102 Å². The minimum Gasteiger partial charge on any atom is -0.456 e. The Hall–Kier alpha value is -8.03. The second kappa shape index (κ2) is 11.7. The Morgan fingerprint density at radius 1 is 0.328 bits per heavy atom. The lowest BCUT2D eigenvalue weighted by Crippen LogP contribution is -2.06. The van der Waals surface area contributed by atoms with Crippen LogP contribution >= 0.6 is 0 Å². The van der Waals surface area contributed by atoms with Gasteiger partial charge in [-0.05, 0) is 65.7 Å². The lowest BCUT2D eigenvalue weighted by atomic mass is 9.99. The molecule has 0 aliphatic rings. The van der Waals surface area contributed by atoms with E-state index in [1.54, 1.807) is 0 Å². The van der Waals surface area contributed by atoms with Crippen molar-refractivity contribution in [2.45, 2.75) is 0 Å². The molecule has 7 heteroatoms. The van der Waals surface area contributed by atoms with Crippen LogP contribution in [0.25, 0.3) is 127 Å². The van der Waals surface area contributed by atoms with Gasteiger partial charge in [-0.25, -0.2) is 4.98 Å². The first-order valence-electron chi connectivity index (χ1n) is 19.3. The first kappa shape index (κ1) is 31.2. The molecule has 5 heterocycles. The maximum absolute atomic E-state index is 6.58. The van der Waals surface area contributed by atoms with Crippen LogP contribution in [0.5, 0.6) is 0 Å². The highest BCUT2D eigenvalue weighted by Gasteiger charge is 2.23. The molecule has 7 nitrogen and oxygen atoms in total. The maximum Gasteiger partial charge on any atom is 0.238 e. The van der Waals surface area contributed by atoms with Crippen LogP contribution in [-0.4, -0.2) is 19.5 Å². The van der Waals surface area contributed by atoms with E-state index in [4.69, 9.17) is 28.2 Å². The number of hydrogen-bond donors (Lipinski definition) is 0. The van der Waals surface area contributed by atoms with Crippen LogP contribution in [0.15, 0.2) is 183 Å². The molecule has 0 bridgehead atoms. The fourth-order valence-electron chi connectivity index (χ4n) is 8.99. The van der Waals surface area contributed by atoms with E-state index in [1.807, 2.05) is 72.8 Å². The molecule has 0 saturated carbocycles. The lowest BCUT2D eigenvalue weighted by Gasteiger charge is -2.11. The van der Waals surface area contributed by atoms with Gasteiger partial charge in [-0.1, -0.05) is 115 Å². The molecule has 13 aromatic rings. The Kier molecular flexibility index (Phi) is 6.32. The van der Waals surface area contributed by atoms with Gasteiger partial charge in [0, 0.05) is 54.2 Å². The van der Waals surface area contributed by atoms with Crippen LogP contribution in [-0.2, 0) is 0 Å². The fourth-order valence-corrected chi connectivity index (χ4v) is 8.99. The number of para-hydroxylation sites is 3. The van der Waals surface area contributed by atoms with Crippen molar-refractivity contribution in [3.63, 3.8) is 0 Å². The highest BCUT2D eigenvalue weighted by Crippen LogP contribution is 2.43. The SMILES string of the molecule is c1ccc(-c2cccc3oc4cc(-c5nc(-c6cccc7oc8ccccc8c67)nc(-n6c7ccccc7c7c8c(ccc76)oc6ccccc68)n5)ccc4c23)cc1. The van der Waals surface area contributed by atoms with Gasteiger partial charge in [-0.3, -0.25) is 4.57 Å². The highest BCUT2D eigenvalue weighted by molar-refractivity contribution is 6.27. The van der Waals surface area contributed by atoms with Crippen molar-refractivity contribution in [2.75, 3.05) is 0 Å². The monoisotopic (exact) mass is 744 g/mol. The zero-order valence-corrected chi connectivity index (χ0v) is 30.7. The van der Waals surface area contributed by atoms with Crippen molar-refractivity contribution in [3.05, 3.63) is 170 Å². The van der Waals surface area contributed by atoms with Crippen LogP contribution < -0.4 is 0 Å². The van der Waals surface area contributed by atoms with E-state index in [-0.39, 0.29) is 0 Å². The van der Waals surface area contributed by atoms with Crippen molar-refractivity contribution >= 4 is 87.6 Å². The Morgan fingerprint density at radius 3 is 1.71 bits per heavy atom. The third-order valence-corrected chi connectivity index (χ3v) is 11.5. The maximum atomic E-state index is 6.58. The van der Waals surface area contributed by atoms with Crippen LogP contribution in [0.2, 0.25) is 0 Å². The van der Waals surface area contributed by atoms with E-state index in [1.165, 1.54) is 0 Å². The van der Waals surface area contributed by atoms with Gasteiger partial charge in [-0.2, -0.15) is 9.97 Å². The molecule has 58 heavy (non-hydrogen) atoms. The first-order chi connectivity index (χ1) is 28.7. The molecular formula is C51H28N4O3. The van der Waals surface area contributed by atoms with Crippen molar-refractivity contribution in [1.82, 2.24) is 19.5 Å². The molecule has 0 atom stereocenters. The number of hydrogen-bond acceptors (Lipinski definition) is 6. The molecule has 0 amide bonds. The molecule has 0 fully saturated rings. The third-order valence-electron chi connectivity index (χ3n) is 11.5. The summed E-state index contributed by atoms with van der Waals surface area (Å²) in [4.78, 5) is 15.9. The molecule has 270 valence electrons. The zero-order valence-electron chi connectivity index (χ0n) is 30.7. The van der Waals surface area contributed by atoms with Gasteiger partial charge in [-0.15, -0.1) is 0 Å². The molecular weight excluding hydrogens is 717 g/mol. The normalized spacial score (nSPS) is 12.1. The van der Waals surface area contributed by atoms with E-state index < -0.39 is 0 Å². The quantitative estimate of drug-likeness (QED) is 0.178. The summed E-state index contributed by atoms with van der Waals surface area (Å²) < 4.78 is 21.4. The summed E-state index contributed by atoms with van der Waals surface area (Å²) in [6.45, 7) is 0. The second-order valence-electron chi connectivity index (χ2n) is 14.7. The molecule has 0 radical (unpaired) electrons. The van der Waals surface area contributed by atoms with Crippen LogP contribution in [0.1, 0.15) is 0 Å². The number of benzene rings is 8. The van der Waals surface area contributed by atoms with E-state index in [0.29, 0.717) is 17.6 Å². The number of fused-ring (bicyclic) bond motifs is 13. The predicted octanol–water partition coefficient (Wildman–Crippen LogP) is 13.7. The topological polar surface area (TPSA) is 83.0 Å². The highest BCUT2D eigenvalue weighted by atomic mass is 16.3. The Bertz CT molecular complexity index is 3810. The van der Waals surface area contributed by atoms with Crippen molar-refractivity contribution in [1.29, 1.82) is 0 Å². The van der Waals surface area contributed by atoms with Crippen molar-refractivity contribution in [3.8, 4) is 39.9 Å². The fraction of sp³-hybridized carbons (Fsp3) is 0. The van der Waals surface area contributed by atoms with Crippen molar-refractivity contribution in [2.24, 2.45) is 0 Å². The van der Waals surface area contributed by atoms with E-state index >= 15 is 0 Å². The summed E-state index contributed by atoms with van der Waals surface area (Å²) in [5.41, 5.74) is 10.7. The van der Waals surface area contributed by atoms with Gasteiger partial charge in [0.15, 0.2) is 11.6 Å². The van der Waals surface area contributed by atoms with Gasteiger partial charge < -0.3 is 13.3 Å². The summed E-state index contributed by atoms with van der Waals surface area (Å²) in [5.74, 6) is 1.56. The number of furan rings is 3. The Morgan fingerprint density at radius 2 is 0.914 bits per heavy atom. The van der Waals surface area contributed by atoms with Crippen molar-refractivity contribution < 1.29 is 13.3 Å². The van der Waals surface area contributed by atoms with Crippen LogP contribution in [0.4, 0.5) is 0 Å². The lowest BCUT2D eigenvalue weighted by molar-refractivity contribution is 0.668. The minimum absolute atomic E-state index is 0.499. The average Bonchev–Trinajstić information content (AvgIpc) is 4.04. The van der Waals surface area contributed by atoms with Gasteiger partial charge in [0.25, 0.3) is 0 Å². The third kappa shape index (κ3) is 4.41. The summed E-state index contributed by atoms with van der Waals surface area (Å²) >= 11 is 0. The number of nitrogens with zero attached hydrogens (tertiary/aromatic N) is 4. The average molecular weight is 745 g/mol. The summed E-state index contributed by atoms with van der Waals surface area (Å²) in [5, 5.41) is 8.36. The Labute approximate surface area is 329 Å². The summed E-state index contributed by atoms with van der Waals surface area (Å²) in [7, 11) is 0. The smallest absolute Gasteiger partial charge is 0.238 e. The molecule has 5 aromatic heterocycles. The Balaban J connectivity index is 1.10. The standard InChI is InChI=1S/C51H28N4O3/c1-2-12-29(13-3-1)31-17-10-22-41-45(31)35-25-24-30(28-44(35)58-41)49-52-50(36-18-11-23-42-46(36)33-15-5-8-20-39(33)56-42)54-51(53-49)55-37-19-7-4-14-32(37)47-38(55)26-27-43-48(47)34-16-6-9-21-40(34)57-43/h1-28H. The molecule has 0 N–H and O–H groups in total. The molecule has 8 aromatic carbocycles. The molecule has 0 aliphatic carbocycles. The molecule has 0 saturated heterocycles.